The summed E-state index contributed by atoms with van der Waals surface area (Å²) in [5.41, 5.74) is 2.31. The van der Waals surface area contributed by atoms with Crippen LogP contribution in [0.5, 0.6) is 0 Å². The summed E-state index contributed by atoms with van der Waals surface area (Å²) in [6.07, 6.45) is 2.32. The smallest absolute Gasteiger partial charge is 0.270 e. The predicted molar refractivity (Wildman–Crippen MR) is 93.0 cm³/mol. The lowest BCUT2D eigenvalue weighted by Gasteiger charge is -2.09. The minimum Gasteiger partial charge on any atom is -0.385 e. The highest BCUT2D eigenvalue weighted by Crippen LogP contribution is 2.25. The van der Waals surface area contributed by atoms with Gasteiger partial charge in [0.2, 0.25) is 5.95 Å². The maximum Gasteiger partial charge on any atom is 0.270 e. The van der Waals surface area contributed by atoms with E-state index in [0.29, 0.717) is 24.8 Å². The summed E-state index contributed by atoms with van der Waals surface area (Å²) < 4.78 is 5.86. The van der Waals surface area contributed by atoms with Crippen molar-refractivity contribution in [2.45, 2.75) is 13.3 Å². The minimum atomic E-state index is -0.227. The first-order chi connectivity index (χ1) is 11.1. The number of halogens is 1. The van der Waals surface area contributed by atoms with Crippen molar-refractivity contribution in [2.24, 2.45) is 0 Å². The van der Waals surface area contributed by atoms with Gasteiger partial charge in [-0.25, -0.2) is 9.97 Å². The monoisotopic (exact) mass is 378 g/mol. The average molecular weight is 379 g/mol. The number of benzene rings is 1. The molecule has 0 aliphatic carbocycles. The van der Waals surface area contributed by atoms with Crippen molar-refractivity contribution in [1.82, 2.24) is 15.3 Å². The summed E-state index contributed by atoms with van der Waals surface area (Å²) in [7, 11) is 1.63. The first-order valence-corrected chi connectivity index (χ1v) is 8.03. The molecule has 2 aromatic rings. The Morgan fingerprint density at radius 1 is 1.35 bits per heavy atom. The molecule has 0 saturated heterocycles. The highest BCUT2D eigenvalue weighted by Gasteiger charge is 2.09. The molecule has 0 spiro atoms. The molecule has 6 nitrogen and oxygen atoms in total. The lowest BCUT2D eigenvalue weighted by molar-refractivity contribution is 0.0943. The van der Waals surface area contributed by atoms with Crippen molar-refractivity contribution in [3.05, 3.63) is 46.2 Å². The fourth-order valence-corrected chi connectivity index (χ4v) is 2.49. The number of nitrogens with one attached hydrogen (secondary N) is 2. The second kappa shape index (κ2) is 8.59. The molecule has 0 atom stereocenters. The Labute approximate surface area is 143 Å². The molecule has 0 radical (unpaired) electrons. The molecule has 0 saturated carbocycles. The Morgan fingerprint density at radius 2 is 2.17 bits per heavy atom. The molecular formula is C16H19BrN4O2. The molecule has 1 aromatic heterocycles. The van der Waals surface area contributed by atoms with E-state index in [2.05, 4.69) is 36.5 Å². The van der Waals surface area contributed by atoms with E-state index in [-0.39, 0.29) is 5.91 Å². The number of hydrogen-bond acceptors (Lipinski definition) is 5. The summed E-state index contributed by atoms with van der Waals surface area (Å²) >= 11 is 3.49. The van der Waals surface area contributed by atoms with Gasteiger partial charge in [0.05, 0.1) is 5.69 Å². The van der Waals surface area contributed by atoms with Gasteiger partial charge in [-0.2, -0.15) is 0 Å². The summed E-state index contributed by atoms with van der Waals surface area (Å²) in [4.78, 5) is 20.4. The third-order valence-corrected chi connectivity index (χ3v) is 3.73. The average Bonchev–Trinajstić information content (AvgIpc) is 2.54. The van der Waals surface area contributed by atoms with E-state index in [1.165, 1.54) is 0 Å². The molecule has 122 valence electrons. The quantitative estimate of drug-likeness (QED) is 0.724. The van der Waals surface area contributed by atoms with Crippen molar-refractivity contribution in [3.63, 3.8) is 0 Å². The lowest BCUT2D eigenvalue weighted by Crippen LogP contribution is -2.26. The molecule has 1 heterocycles. The van der Waals surface area contributed by atoms with Crippen molar-refractivity contribution in [3.8, 4) is 0 Å². The van der Waals surface area contributed by atoms with Gasteiger partial charge < -0.3 is 15.4 Å². The standard InChI is InChI=1S/C16H19BrN4O2/c1-11-4-5-13(12(17)10-11)20-16-19-8-6-14(21-16)15(22)18-7-3-9-23-2/h4-6,8,10H,3,7,9H2,1-2H3,(H,18,22)(H,19,20,21). The Hall–Kier alpha value is -1.99. The summed E-state index contributed by atoms with van der Waals surface area (Å²) in [6, 6.07) is 7.50. The van der Waals surface area contributed by atoms with Crippen molar-refractivity contribution < 1.29 is 9.53 Å². The Balaban J connectivity index is 2.03. The predicted octanol–water partition coefficient (Wildman–Crippen LogP) is 3.06. The van der Waals surface area contributed by atoms with Crippen LogP contribution in [0.25, 0.3) is 0 Å². The maximum atomic E-state index is 12.0. The number of aromatic nitrogens is 2. The van der Waals surface area contributed by atoms with Gasteiger partial charge in [0.1, 0.15) is 5.69 Å². The van der Waals surface area contributed by atoms with Crippen LogP contribution in [-0.2, 0) is 4.74 Å². The van der Waals surface area contributed by atoms with Gasteiger partial charge >= 0.3 is 0 Å². The highest BCUT2D eigenvalue weighted by molar-refractivity contribution is 9.10. The van der Waals surface area contributed by atoms with Gasteiger partial charge in [-0.1, -0.05) is 6.07 Å². The fraction of sp³-hybridized carbons (Fsp3) is 0.312. The van der Waals surface area contributed by atoms with Crippen LogP contribution in [0.4, 0.5) is 11.6 Å². The van der Waals surface area contributed by atoms with Gasteiger partial charge in [-0.15, -0.1) is 0 Å². The van der Waals surface area contributed by atoms with E-state index in [1.54, 1.807) is 19.4 Å². The van der Waals surface area contributed by atoms with Crippen LogP contribution in [0.3, 0.4) is 0 Å². The molecule has 0 aliphatic heterocycles. The topological polar surface area (TPSA) is 76.1 Å². The number of carbonyl (C=O) groups is 1. The van der Waals surface area contributed by atoms with Gasteiger partial charge in [0, 0.05) is 30.9 Å². The zero-order chi connectivity index (χ0) is 16.7. The number of nitrogens with zero attached hydrogens (tertiary/aromatic N) is 2. The number of carbonyl (C=O) groups excluding carboxylic acids is 1. The largest absolute Gasteiger partial charge is 0.385 e. The minimum absolute atomic E-state index is 0.227. The Morgan fingerprint density at radius 3 is 2.91 bits per heavy atom. The molecule has 23 heavy (non-hydrogen) atoms. The summed E-state index contributed by atoms with van der Waals surface area (Å²) in [6.45, 7) is 3.17. The van der Waals surface area contributed by atoms with Gasteiger partial charge in [0.25, 0.3) is 5.91 Å². The van der Waals surface area contributed by atoms with Crippen molar-refractivity contribution >= 4 is 33.5 Å². The summed E-state index contributed by atoms with van der Waals surface area (Å²) in [5, 5.41) is 5.90. The maximum absolute atomic E-state index is 12.0. The van der Waals surface area contributed by atoms with E-state index in [9.17, 15) is 4.79 Å². The zero-order valence-electron chi connectivity index (χ0n) is 13.1. The fourth-order valence-electron chi connectivity index (χ4n) is 1.90. The van der Waals surface area contributed by atoms with Crippen molar-refractivity contribution in [2.75, 3.05) is 25.6 Å². The molecule has 0 bridgehead atoms. The SMILES string of the molecule is COCCCNC(=O)c1ccnc(Nc2ccc(C)cc2Br)n1. The normalized spacial score (nSPS) is 10.4. The van der Waals surface area contributed by atoms with Crippen LogP contribution in [0, 0.1) is 6.92 Å². The summed E-state index contributed by atoms with van der Waals surface area (Å²) in [5.74, 6) is 0.147. The Bertz CT molecular complexity index is 679. The van der Waals surface area contributed by atoms with Crippen LogP contribution in [0.1, 0.15) is 22.5 Å². The molecule has 0 aliphatic rings. The van der Waals surface area contributed by atoms with Crippen LogP contribution in [0.15, 0.2) is 34.9 Å². The van der Waals surface area contributed by atoms with Crippen molar-refractivity contribution in [1.29, 1.82) is 0 Å². The second-order valence-electron chi connectivity index (χ2n) is 4.98. The zero-order valence-corrected chi connectivity index (χ0v) is 14.7. The third kappa shape index (κ3) is 5.30. The number of methoxy groups -OCH3 is 1. The molecule has 1 aromatic carbocycles. The first kappa shape index (κ1) is 17.4. The van der Waals surface area contributed by atoms with Crippen LogP contribution >= 0.6 is 15.9 Å². The number of hydrogen-bond donors (Lipinski definition) is 2. The van der Waals surface area contributed by atoms with Crippen LogP contribution in [-0.4, -0.2) is 36.1 Å². The van der Waals surface area contributed by atoms with Gasteiger partial charge in [0.15, 0.2) is 0 Å². The number of ether oxygens (including phenoxy) is 1. The second-order valence-corrected chi connectivity index (χ2v) is 5.83. The molecule has 7 heteroatoms. The molecule has 1 amide bonds. The van der Waals surface area contributed by atoms with Gasteiger partial charge in [-0.05, 0) is 53.0 Å². The van der Waals surface area contributed by atoms with Crippen LogP contribution < -0.4 is 10.6 Å². The van der Waals surface area contributed by atoms with E-state index < -0.39 is 0 Å². The Kier molecular flexibility index (Phi) is 6.49. The number of anilines is 2. The first-order valence-electron chi connectivity index (χ1n) is 7.23. The number of rotatable bonds is 7. The third-order valence-electron chi connectivity index (χ3n) is 3.07. The van der Waals surface area contributed by atoms with Crippen LogP contribution in [0.2, 0.25) is 0 Å². The van der Waals surface area contributed by atoms with E-state index in [0.717, 1.165) is 22.1 Å². The lowest BCUT2D eigenvalue weighted by atomic mass is 10.2. The molecule has 0 unspecified atom stereocenters. The molecule has 2 N–H and O–H groups in total. The van der Waals surface area contributed by atoms with E-state index >= 15 is 0 Å². The van der Waals surface area contributed by atoms with Gasteiger partial charge in [-0.3, -0.25) is 4.79 Å². The van der Waals surface area contributed by atoms with E-state index in [1.807, 2.05) is 25.1 Å². The highest BCUT2D eigenvalue weighted by atomic mass is 79.9. The van der Waals surface area contributed by atoms with E-state index in [4.69, 9.17) is 4.74 Å². The number of amides is 1. The molecule has 0 fully saturated rings. The molecule has 2 rings (SSSR count). The molecular weight excluding hydrogens is 360 g/mol. The number of aryl methyl sites for hydroxylation is 1.